The minimum absolute atomic E-state index is 0.483. The number of rotatable bonds is 7. The second-order valence-electron chi connectivity index (χ2n) is 6.06. The van der Waals surface area contributed by atoms with Crippen LogP contribution in [0.4, 0.5) is 0 Å². The average molecular weight is 291 g/mol. The summed E-state index contributed by atoms with van der Waals surface area (Å²) in [5.41, 5.74) is 0.483. The van der Waals surface area contributed by atoms with Gasteiger partial charge in [-0.05, 0) is 43.4 Å². The summed E-state index contributed by atoms with van der Waals surface area (Å²) in [5, 5.41) is 18.1. The highest BCUT2D eigenvalue weighted by atomic mass is 16.5. The van der Waals surface area contributed by atoms with E-state index < -0.39 is 7.12 Å². The SMILES string of the molecule is CN(CCOc1ccc(B(O)O)cc1)CC1CCCCC1. The van der Waals surface area contributed by atoms with Crippen molar-refractivity contribution < 1.29 is 14.8 Å². The number of ether oxygens (including phenoxy) is 1. The second-order valence-corrected chi connectivity index (χ2v) is 6.06. The molecule has 116 valence electrons. The van der Waals surface area contributed by atoms with E-state index in [1.807, 2.05) is 0 Å². The van der Waals surface area contributed by atoms with Crippen LogP contribution in [-0.2, 0) is 0 Å². The van der Waals surface area contributed by atoms with Crippen LogP contribution in [0.25, 0.3) is 0 Å². The molecule has 0 radical (unpaired) electrons. The van der Waals surface area contributed by atoms with Gasteiger partial charge in [0, 0.05) is 13.1 Å². The quantitative estimate of drug-likeness (QED) is 0.743. The molecule has 4 nitrogen and oxygen atoms in total. The minimum Gasteiger partial charge on any atom is -0.492 e. The fourth-order valence-corrected chi connectivity index (χ4v) is 2.96. The van der Waals surface area contributed by atoms with Gasteiger partial charge in [-0.25, -0.2) is 0 Å². The van der Waals surface area contributed by atoms with Gasteiger partial charge in [-0.3, -0.25) is 0 Å². The van der Waals surface area contributed by atoms with Gasteiger partial charge < -0.3 is 19.7 Å². The van der Waals surface area contributed by atoms with E-state index in [1.165, 1.54) is 38.6 Å². The Morgan fingerprint density at radius 2 is 1.81 bits per heavy atom. The number of likely N-dealkylation sites (N-methyl/N-ethyl adjacent to an activating group) is 1. The van der Waals surface area contributed by atoms with Crippen LogP contribution in [-0.4, -0.2) is 48.8 Å². The Labute approximate surface area is 127 Å². The van der Waals surface area contributed by atoms with Crippen molar-refractivity contribution >= 4 is 12.6 Å². The maximum Gasteiger partial charge on any atom is 0.488 e. The van der Waals surface area contributed by atoms with E-state index in [1.54, 1.807) is 24.3 Å². The summed E-state index contributed by atoms with van der Waals surface area (Å²) in [4.78, 5) is 2.35. The van der Waals surface area contributed by atoms with Crippen molar-refractivity contribution in [1.82, 2.24) is 4.90 Å². The van der Waals surface area contributed by atoms with Gasteiger partial charge in [-0.1, -0.05) is 31.4 Å². The Morgan fingerprint density at radius 1 is 1.14 bits per heavy atom. The van der Waals surface area contributed by atoms with Crippen LogP contribution in [0, 0.1) is 5.92 Å². The third-order valence-electron chi connectivity index (χ3n) is 4.21. The zero-order valence-corrected chi connectivity index (χ0v) is 12.9. The van der Waals surface area contributed by atoms with Gasteiger partial charge in [0.05, 0.1) is 0 Å². The lowest BCUT2D eigenvalue weighted by Crippen LogP contribution is -2.31. The Morgan fingerprint density at radius 3 is 2.43 bits per heavy atom. The molecule has 1 aromatic carbocycles. The fourth-order valence-electron chi connectivity index (χ4n) is 2.96. The summed E-state index contributed by atoms with van der Waals surface area (Å²) in [5.74, 6) is 1.62. The number of nitrogens with zero attached hydrogens (tertiary/aromatic N) is 1. The van der Waals surface area contributed by atoms with Crippen molar-refractivity contribution in [2.45, 2.75) is 32.1 Å². The van der Waals surface area contributed by atoms with E-state index in [4.69, 9.17) is 14.8 Å². The second kappa shape index (κ2) is 8.42. The number of benzene rings is 1. The molecule has 0 bridgehead atoms. The first kappa shape index (κ1) is 16.3. The van der Waals surface area contributed by atoms with Crippen molar-refractivity contribution in [3.63, 3.8) is 0 Å². The van der Waals surface area contributed by atoms with E-state index in [0.717, 1.165) is 18.2 Å². The van der Waals surface area contributed by atoms with Gasteiger partial charge in [0.1, 0.15) is 12.4 Å². The molecule has 1 aromatic rings. The van der Waals surface area contributed by atoms with Gasteiger partial charge in [0.2, 0.25) is 0 Å². The lowest BCUT2D eigenvalue weighted by molar-refractivity contribution is 0.195. The Bertz CT molecular complexity index is 404. The van der Waals surface area contributed by atoms with Crippen LogP contribution >= 0.6 is 0 Å². The summed E-state index contributed by atoms with van der Waals surface area (Å²) in [6, 6.07) is 6.89. The van der Waals surface area contributed by atoms with E-state index in [0.29, 0.717) is 12.1 Å². The summed E-state index contributed by atoms with van der Waals surface area (Å²) >= 11 is 0. The normalized spacial score (nSPS) is 16.2. The number of hydrogen-bond acceptors (Lipinski definition) is 4. The molecule has 21 heavy (non-hydrogen) atoms. The molecule has 1 saturated carbocycles. The Kier molecular flexibility index (Phi) is 6.55. The standard InChI is InChI=1S/C16H26BNO3/c1-18(13-14-5-3-2-4-6-14)11-12-21-16-9-7-15(8-10-16)17(19)20/h7-10,14,19-20H,2-6,11-13H2,1H3. The van der Waals surface area contributed by atoms with Crippen LogP contribution in [0.5, 0.6) is 5.75 Å². The first-order chi connectivity index (χ1) is 10.1. The van der Waals surface area contributed by atoms with Crippen LogP contribution in [0.3, 0.4) is 0 Å². The van der Waals surface area contributed by atoms with E-state index >= 15 is 0 Å². The lowest BCUT2D eigenvalue weighted by Gasteiger charge is -2.26. The van der Waals surface area contributed by atoms with Crippen LogP contribution in [0.1, 0.15) is 32.1 Å². The van der Waals surface area contributed by atoms with Crippen molar-refractivity contribution in [1.29, 1.82) is 0 Å². The van der Waals surface area contributed by atoms with E-state index in [2.05, 4.69) is 11.9 Å². The molecule has 0 unspecified atom stereocenters. The molecule has 1 fully saturated rings. The highest BCUT2D eigenvalue weighted by Gasteiger charge is 2.15. The molecule has 1 aliphatic rings. The predicted molar refractivity (Wildman–Crippen MR) is 85.8 cm³/mol. The molecule has 0 spiro atoms. The van der Waals surface area contributed by atoms with Crippen molar-refractivity contribution in [3.8, 4) is 5.75 Å². The average Bonchev–Trinajstić information content (AvgIpc) is 2.49. The lowest BCUT2D eigenvalue weighted by atomic mass is 9.80. The van der Waals surface area contributed by atoms with Gasteiger partial charge >= 0.3 is 7.12 Å². The first-order valence-corrected chi connectivity index (χ1v) is 7.92. The zero-order valence-electron chi connectivity index (χ0n) is 12.9. The van der Waals surface area contributed by atoms with Crippen molar-refractivity contribution in [3.05, 3.63) is 24.3 Å². The fraction of sp³-hybridized carbons (Fsp3) is 0.625. The molecular formula is C16H26BNO3. The molecule has 0 saturated heterocycles. The summed E-state index contributed by atoms with van der Waals surface area (Å²) in [6.45, 7) is 2.74. The third-order valence-corrected chi connectivity index (χ3v) is 4.21. The van der Waals surface area contributed by atoms with Crippen LogP contribution in [0.2, 0.25) is 0 Å². The molecule has 0 aliphatic heterocycles. The Hall–Kier alpha value is -1.04. The van der Waals surface area contributed by atoms with E-state index in [9.17, 15) is 0 Å². The van der Waals surface area contributed by atoms with Crippen LogP contribution in [0.15, 0.2) is 24.3 Å². The molecule has 5 heteroatoms. The summed E-state index contributed by atoms with van der Waals surface area (Å²) in [6.07, 6.45) is 6.92. The largest absolute Gasteiger partial charge is 0.492 e. The summed E-state index contributed by atoms with van der Waals surface area (Å²) in [7, 11) is 0.740. The van der Waals surface area contributed by atoms with E-state index in [-0.39, 0.29) is 0 Å². The topological polar surface area (TPSA) is 52.9 Å². The monoisotopic (exact) mass is 291 g/mol. The minimum atomic E-state index is -1.42. The molecule has 0 amide bonds. The van der Waals surface area contributed by atoms with Crippen LogP contribution < -0.4 is 10.2 Å². The van der Waals surface area contributed by atoms with Gasteiger partial charge in [0.15, 0.2) is 0 Å². The maximum atomic E-state index is 9.03. The molecule has 2 N–H and O–H groups in total. The molecule has 0 atom stereocenters. The van der Waals surface area contributed by atoms with Crippen molar-refractivity contribution in [2.75, 3.05) is 26.7 Å². The van der Waals surface area contributed by atoms with Gasteiger partial charge in [0.25, 0.3) is 0 Å². The molecule has 0 heterocycles. The Balaban J connectivity index is 1.66. The van der Waals surface area contributed by atoms with Crippen molar-refractivity contribution in [2.24, 2.45) is 5.92 Å². The smallest absolute Gasteiger partial charge is 0.488 e. The molecule has 1 aliphatic carbocycles. The molecule has 2 rings (SSSR count). The maximum absolute atomic E-state index is 9.03. The highest BCUT2D eigenvalue weighted by molar-refractivity contribution is 6.58. The van der Waals surface area contributed by atoms with Gasteiger partial charge in [-0.2, -0.15) is 0 Å². The zero-order chi connectivity index (χ0) is 15.1. The summed E-state index contributed by atoms with van der Waals surface area (Å²) < 4.78 is 5.70. The number of hydrogen-bond donors (Lipinski definition) is 2. The highest BCUT2D eigenvalue weighted by Crippen LogP contribution is 2.23. The predicted octanol–water partition coefficient (Wildman–Crippen LogP) is 1.26. The molecular weight excluding hydrogens is 265 g/mol. The van der Waals surface area contributed by atoms with Gasteiger partial charge in [-0.15, -0.1) is 0 Å². The molecule has 0 aromatic heterocycles. The third kappa shape index (κ3) is 5.69. The first-order valence-electron chi connectivity index (χ1n) is 7.92.